The van der Waals surface area contributed by atoms with Gasteiger partial charge < -0.3 is 10.1 Å². The highest BCUT2D eigenvalue weighted by molar-refractivity contribution is 7.91. The standard InChI is InChI=1S/C18H16F5N5O4S2/c1-3-34(30,31)12-4-5-14(28-9-24-8-26-28)27-15(12)25-7-11-10(16(29)32-2)6-13(33-11)17(19,20)18(21,22)23/h4-6,8-9H,3,7H2,1-2H3,(H,25,27). The maximum atomic E-state index is 13.9. The molecule has 184 valence electrons. The number of alkyl halides is 5. The first-order chi connectivity index (χ1) is 15.8. The summed E-state index contributed by atoms with van der Waals surface area (Å²) in [5.74, 6) is -6.70. The van der Waals surface area contributed by atoms with Crippen molar-refractivity contribution in [1.82, 2.24) is 19.7 Å². The van der Waals surface area contributed by atoms with Crippen molar-refractivity contribution < 1.29 is 39.9 Å². The molecule has 34 heavy (non-hydrogen) atoms. The van der Waals surface area contributed by atoms with E-state index in [1.54, 1.807) is 0 Å². The minimum atomic E-state index is -5.88. The highest BCUT2D eigenvalue weighted by Crippen LogP contribution is 2.47. The first-order valence-electron chi connectivity index (χ1n) is 9.30. The van der Waals surface area contributed by atoms with E-state index in [1.165, 1.54) is 36.4 Å². The Morgan fingerprint density at radius 2 is 1.94 bits per heavy atom. The van der Waals surface area contributed by atoms with Crippen molar-refractivity contribution in [3.05, 3.63) is 46.2 Å². The lowest BCUT2D eigenvalue weighted by Crippen LogP contribution is -2.32. The Labute approximate surface area is 193 Å². The largest absolute Gasteiger partial charge is 0.465 e. The molecule has 0 aliphatic rings. The molecular formula is C18H16F5N5O4S2. The van der Waals surface area contributed by atoms with Crippen molar-refractivity contribution in [2.75, 3.05) is 18.2 Å². The molecule has 0 saturated heterocycles. The van der Waals surface area contributed by atoms with Crippen LogP contribution in [0.1, 0.15) is 27.0 Å². The first-order valence-corrected chi connectivity index (χ1v) is 11.8. The van der Waals surface area contributed by atoms with Gasteiger partial charge in [-0.05, 0) is 18.2 Å². The van der Waals surface area contributed by atoms with Gasteiger partial charge in [-0.15, -0.1) is 11.3 Å². The molecule has 0 aromatic carbocycles. The lowest BCUT2D eigenvalue weighted by Gasteiger charge is -2.17. The van der Waals surface area contributed by atoms with Gasteiger partial charge in [0.25, 0.3) is 0 Å². The maximum absolute atomic E-state index is 13.9. The van der Waals surface area contributed by atoms with Gasteiger partial charge in [0.15, 0.2) is 15.7 Å². The number of carbonyl (C=O) groups excluding carboxylic acids is 1. The predicted molar refractivity (Wildman–Crippen MR) is 110 cm³/mol. The molecule has 3 rings (SSSR count). The van der Waals surface area contributed by atoms with E-state index in [2.05, 4.69) is 25.1 Å². The molecule has 1 N–H and O–H groups in total. The van der Waals surface area contributed by atoms with Crippen molar-refractivity contribution in [2.45, 2.75) is 30.5 Å². The predicted octanol–water partition coefficient (Wildman–Crippen LogP) is 3.57. The Morgan fingerprint density at radius 3 is 2.50 bits per heavy atom. The van der Waals surface area contributed by atoms with E-state index >= 15 is 0 Å². The van der Waals surface area contributed by atoms with Crippen LogP contribution in [0, 0.1) is 0 Å². The Morgan fingerprint density at radius 1 is 1.24 bits per heavy atom. The monoisotopic (exact) mass is 525 g/mol. The zero-order chi connectivity index (χ0) is 25.3. The molecular weight excluding hydrogens is 509 g/mol. The lowest BCUT2D eigenvalue weighted by molar-refractivity contribution is -0.287. The quantitative estimate of drug-likeness (QED) is 0.351. The van der Waals surface area contributed by atoms with E-state index in [4.69, 9.17) is 0 Å². The Kier molecular flexibility index (Phi) is 6.93. The molecule has 16 heteroatoms. The Hall–Kier alpha value is -3.14. The van der Waals surface area contributed by atoms with Crippen LogP contribution in [0.25, 0.3) is 5.82 Å². The fourth-order valence-corrected chi connectivity index (χ4v) is 4.81. The van der Waals surface area contributed by atoms with Gasteiger partial charge in [-0.1, -0.05) is 6.92 Å². The van der Waals surface area contributed by atoms with Crippen LogP contribution >= 0.6 is 11.3 Å². The molecule has 0 saturated carbocycles. The number of pyridine rings is 1. The van der Waals surface area contributed by atoms with Gasteiger partial charge in [0.05, 0.1) is 29.8 Å². The number of anilines is 1. The van der Waals surface area contributed by atoms with Crippen molar-refractivity contribution in [1.29, 1.82) is 0 Å². The van der Waals surface area contributed by atoms with E-state index in [0.29, 0.717) is 6.07 Å². The molecule has 3 heterocycles. The van der Waals surface area contributed by atoms with E-state index in [-0.39, 0.29) is 38.5 Å². The molecule has 0 fully saturated rings. The molecule has 0 bridgehead atoms. The average molecular weight is 525 g/mol. The van der Waals surface area contributed by atoms with Crippen molar-refractivity contribution in [2.24, 2.45) is 0 Å². The molecule has 0 aliphatic carbocycles. The third-order valence-electron chi connectivity index (χ3n) is 4.51. The molecule has 0 radical (unpaired) electrons. The summed E-state index contributed by atoms with van der Waals surface area (Å²) in [5, 5.41) is 6.50. The number of hydrogen-bond donors (Lipinski definition) is 1. The zero-order valence-corrected chi connectivity index (χ0v) is 19.1. The number of carbonyl (C=O) groups is 1. The number of sulfone groups is 1. The van der Waals surface area contributed by atoms with Crippen molar-refractivity contribution in [3.8, 4) is 5.82 Å². The zero-order valence-electron chi connectivity index (χ0n) is 17.4. The van der Waals surface area contributed by atoms with E-state index in [9.17, 15) is 35.2 Å². The van der Waals surface area contributed by atoms with Crippen LogP contribution in [0.5, 0.6) is 0 Å². The summed E-state index contributed by atoms with van der Waals surface area (Å²) in [5.41, 5.74) is -0.522. The van der Waals surface area contributed by atoms with Gasteiger partial charge in [-0.2, -0.15) is 27.1 Å². The second kappa shape index (κ2) is 9.25. The fourth-order valence-electron chi connectivity index (χ4n) is 2.72. The van der Waals surface area contributed by atoms with Crippen LogP contribution in [0.3, 0.4) is 0 Å². The number of ether oxygens (including phenoxy) is 1. The van der Waals surface area contributed by atoms with Gasteiger partial charge in [0.2, 0.25) is 0 Å². The highest BCUT2D eigenvalue weighted by atomic mass is 32.2. The lowest BCUT2D eigenvalue weighted by atomic mass is 10.2. The van der Waals surface area contributed by atoms with Crippen LogP contribution in [0.15, 0.2) is 35.7 Å². The second-order valence-electron chi connectivity index (χ2n) is 6.62. The first kappa shape index (κ1) is 25.5. The molecule has 0 unspecified atom stereocenters. The van der Waals surface area contributed by atoms with Gasteiger partial charge >= 0.3 is 18.1 Å². The number of nitrogens with zero attached hydrogens (tertiary/aromatic N) is 4. The van der Waals surface area contributed by atoms with Gasteiger partial charge in [-0.3, -0.25) is 0 Å². The summed E-state index contributed by atoms with van der Waals surface area (Å²) in [7, 11) is -2.88. The van der Waals surface area contributed by atoms with Crippen LogP contribution in [0.2, 0.25) is 0 Å². The minimum Gasteiger partial charge on any atom is -0.465 e. The Bertz CT molecular complexity index is 1290. The topological polar surface area (TPSA) is 116 Å². The summed E-state index contributed by atoms with van der Waals surface area (Å²) in [6, 6.07) is 3.00. The number of thiophene rings is 1. The van der Waals surface area contributed by atoms with Crippen molar-refractivity contribution in [3.63, 3.8) is 0 Å². The molecule has 0 spiro atoms. The highest BCUT2D eigenvalue weighted by Gasteiger charge is 2.60. The summed E-state index contributed by atoms with van der Waals surface area (Å²) in [6.07, 6.45) is -3.38. The second-order valence-corrected chi connectivity index (χ2v) is 10.0. The molecule has 0 atom stereocenters. The number of aromatic nitrogens is 4. The molecule has 9 nitrogen and oxygen atoms in total. The van der Waals surface area contributed by atoms with Crippen LogP contribution in [0.4, 0.5) is 27.8 Å². The smallest absolute Gasteiger partial charge is 0.458 e. The third kappa shape index (κ3) is 4.86. The Balaban J connectivity index is 2.04. The van der Waals surface area contributed by atoms with E-state index in [0.717, 1.165) is 7.11 Å². The molecule has 0 aliphatic heterocycles. The summed E-state index contributed by atoms with van der Waals surface area (Å²) in [6.45, 7) is 0.896. The van der Waals surface area contributed by atoms with Crippen LogP contribution in [-0.2, 0) is 27.0 Å². The number of hydrogen-bond acceptors (Lipinski definition) is 9. The molecule has 3 aromatic heterocycles. The summed E-state index contributed by atoms with van der Waals surface area (Å²) < 4.78 is 96.9. The minimum absolute atomic E-state index is 0.0392. The summed E-state index contributed by atoms with van der Waals surface area (Å²) >= 11 is 0.0392. The van der Waals surface area contributed by atoms with Gasteiger partial charge in [0.1, 0.15) is 23.4 Å². The molecule has 0 amide bonds. The van der Waals surface area contributed by atoms with Gasteiger partial charge in [-0.25, -0.2) is 27.9 Å². The maximum Gasteiger partial charge on any atom is 0.458 e. The normalized spacial score (nSPS) is 12.6. The number of rotatable bonds is 8. The average Bonchev–Trinajstić information content (AvgIpc) is 3.46. The fraction of sp³-hybridized carbons (Fsp3) is 0.333. The van der Waals surface area contributed by atoms with Crippen LogP contribution in [-0.4, -0.2) is 53.2 Å². The van der Waals surface area contributed by atoms with Crippen LogP contribution < -0.4 is 5.32 Å². The van der Waals surface area contributed by atoms with E-state index in [1.807, 2.05) is 0 Å². The number of halogens is 5. The third-order valence-corrected chi connectivity index (χ3v) is 7.47. The molecule has 3 aromatic rings. The van der Waals surface area contributed by atoms with Crippen molar-refractivity contribution >= 4 is 33.0 Å². The summed E-state index contributed by atoms with van der Waals surface area (Å²) in [4.78, 5) is 18.0. The SMILES string of the molecule is CCS(=O)(=O)c1ccc(-n2cncn2)nc1NCc1sc(C(F)(F)C(F)(F)F)cc1C(=O)OC. The van der Waals surface area contributed by atoms with E-state index < -0.39 is 44.9 Å². The van der Waals surface area contributed by atoms with Gasteiger partial charge in [0, 0.05) is 4.88 Å². The number of nitrogens with one attached hydrogen (secondary N) is 1. The number of methoxy groups -OCH3 is 1. The number of esters is 1.